The Hall–Kier alpha value is -0.570. The van der Waals surface area contributed by atoms with Crippen molar-refractivity contribution in [1.29, 1.82) is 0 Å². The Morgan fingerprint density at radius 3 is 2.22 bits per heavy atom. The molecule has 0 aromatic carbocycles. The third-order valence-corrected chi connectivity index (χ3v) is 10.4. The smallest absolute Gasteiger partial charge is 0.305 e. The van der Waals surface area contributed by atoms with E-state index in [9.17, 15) is 4.79 Å². The number of hydrogen-bond donors (Lipinski definition) is 1. The van der Waals surface area contributed by atoms with Crippen LogP contribution in [0.2, 0.25) is 0 Å². The summed E-state index contributed by atoms with van der Waals surface area (Å²) in [7, 11) is 3.67. The molecule has 4 saturated carbocycles. The van der Waals surface area contributed by atoms with E-state index in [1.54, 1.807) is 0 Å². The fourth-order valence-corrected chi connectivity index (χ4v) is 8.70. The van der Waals surface area contributed by atoms with Gasteiger partial charge in [-0.2, -0.15) is 0 Å². The molecule has 32 heavy (non-hydrogen) atoms. The fourth-order valence-electron chi connectivity index (χ4n) is 8.70. The largest absolute Gasteiger partial charge is 0.469 e. The number of ether oxygens (including phenoxy) is 1. The summed E-state index contributed by atoms with van der Waals surface area (Å²) in [6.07, 6.45) is 15.8. The van der Waals surface area contributed by atoms with Gasteiger partial charge in [0.1, 0.15) is 0 Å². The van der Waals surface area contributed by atoms with Gasteiger partial charge >= 0.3 is 5.97 Å². The first-order valence-electron chi connectivity index (χ1n) is 14.2. The monoisotopic (exact) mass is 449 g/mol. The maximum Gasteiger partial charge on any atom is 0.305 e. The number of carbonyl (C=O) groups excluding carboxylic acids is 1. The van der Waals surface area contributed by atoms with Crippen molar-refractivity contribution < 1.29 is 9.53 Å². The lowest BCUT2D eigenvalue weighted by molar-refractivity contribution is -0.141. The van der Waals surface area contributed by atoms with Gasteiger partial charge in [0, 0.05) is 12.5 Å². The second-order valence-corrected chi connectivity index (χ2v) is 11.2. The zero-order valence-corrected chi connectivity index (χ0v) is 22.8. The summed E-state index contributed by atoms with van der Waals surface area (Å²) in [6, 6.07) is 0.758. The summed E-state index contributed by atoms with van der Waals surface area (Å²) in [5, 5.41) is 3.57. The van der Waals surface area contributed by atoms with Gasteiger partial charge in [-0.1, -0.05) is 41.5 Å². The number of hydrogen-bond acceptors (Lipinski definition) is 3. The first-order valence-corrected chi connectivity index (χ1v) is 14.2. The van der Waals surface area contributed by atoms with E-state index in [4.69, 9.17) is 4.74 Å². The minimum Gasteiger partial charge on any atom is -0.469 e. The first-order chi connectivity index (χ1) is 15.4. The SMILES string of the molecule is CC.CC.CNC1CCC2(C)C(CCC3C4CCC(CCCC(=O)OC)C4(C)CCC32)C1. The minimum absolute atomic E-state index is 0.0353. The molecule has 8 atom stereocenters. The van der Waals surface area contributed by atoms with Crippen LogP contribution >= 0.6 is 0 Å². The van der Waals surface area contributed by atoms with Crippen molar-refractivity contribution in [3.63, 3.8) is 0 Å². The number of rotatable bonds is 5. The standard InChI is InChI=1S/C25H43NO2.2C2H6/c1-24-15-13-22-20(10-8-18-16-19(26-3)12-14-25(18,22)2)21(24)11-9-17(24)6-5-7-23(27)28-4;2*1-2/h17-22,26H,5-16H2,1-4H3;2*1-2H3. The van der Waals surface area contributed by atoms with Crippen LogP contribution in [0.3, 0.4) is 0 Å². The molecule has 1 N–H and O–H groups in total. The van der Waals surface area contributed by atoms with Crippen molar-refractivity contribution in [2.75, 3.05) is 14.2 Å². The molecule has 4 aliphatic carbocycles. The summed E-state index contributed by atoms with van der Waals surface area (Å²) in [6.45, 7) is 13.3. The molecular formula is C29H55NO2. The highest BCUT2D eigenvalue weighted by molar-refractivity contribution is 5.68. The second kappa shape index (κ2) is 12.2. The third kappa shape index (κ3) is 5.23. The van der Waals surface area contributed by atoms with Crippen LogP contribution in [-0.2, 0) is 9.53 Å². The molecule has 3 heteroatoms. The van der Waals surface area contributed by atoms with E-state index in [-0.39, 0.29) is 5.97 Å². The number of nitrogens with one attached hydrogen (secondary N) is 1. The van der Waals surface area contributed by atoms with Crippen LogP contribution in [0, 0.1) is 40.4 Å². The molecule has 0 aliphatic heterocycles. The highest BCUT2D eigenvalue weighted by atomic mass is 16.5. The summed E-state index contributed by atoms with van der Waals surface area (Å²) in [5.41, 5.74) is 1.13. The highest BCUT2D eigenvalue weighted by Crippen LogP contribution is 2.67. The predicted molar refractivity (Wildman–Crippen MR) is 137 cm³/mol. The van der Waals surface area contributed by atoms with Gasteiger partial charge in [-0.25, -0.2) is 0 Å². The molecule has 0 aromatic rings. The van der Waals surface area contributed by atoms with Crippen LogP contribution < -0.4 is 5.32 Å². The van der Waals surface area contributed by atoms with Gasteiger partial charge < -0.3 is 10.1 Å². The lowest BCUT2D eigenvalue weighted by Crippen LogP contribution is -2.54. The average Bonchev–Trinajstić information content (AvgIpc) is 3.17. The Morgan fingerprint density at radius 1 is 0.906 bits per heavy atom. The third-order valence-electron chi connectivity index (χ3n) is 10.4. The molecule has 0 radical (unpaired) electrons. The molecule has 0 spiro atoms. The van der Waals surface area contributed by atoms with Crippen LogP contribution in [0.5, 0.6) is 0 Å². The van der Waals surface area contributed by atoms with Crippen molar-refractivity contribution >= 4 is 5.97 Å². The van der Waals surface area contributed by atoms with E-state index in [0.29, 0.717) is 17.3 Å². The molecule has 0 aromatic heterocycles. The maximum absolute atomic E-state index is 11.5. The Balaban J connectivity index is 0.000000860. The summed E-state index contributed by atoms with van der Waals surface area (Å²) in [5.74, 6) is 4.61. The van der Waals surface area contributed by atoms with Crippen LogP contribution in [0.25, 0.3) is 0 Å². The topological polar surface area (TPSA) is 38.3 Å². The lowest BCUT2D eigenvalue weighted by Gasteiger charge is -2.61. The van der Waals surface area contributed by atoms with Gasteiger partial charge in [0.05, 0.1) is 7.11 Å². The molecule has 0 heterocycles. The van der Waals surface area contributed by atoms with Gasteiger partial charge in [-0.3, -0.25) is 4.79 Å². The van der Waals surface area contributed by atoms with Gasteiger partial charge in [-0.05, 0) is 118 Å². The normalized spacial score (nSPS) is 42.1. The van der Waals surface area contributed by atoms with Crippen LogP contribution in [0.1, 0.15) is 119 Å². The Bertz CT molecular complexity index is 578. The van der Waals surface area contributed by atoms with Gasteiger partial charge in [-0.15, -0.1) is 0 Å². The molecule has 0 bridgehead atoms. The number of methoxy groups -OCH3 is 1. The Morgan fingerprint density at radius 2 is 1.56 bits per heavy atom. The summed E-state index contributed by atoms with van der Waals surface area (Å²) < 4.78 is 4.85. The highest BCUT2D eigenvalue weighted by Gasteiger charge is 2.59. The fraction of sp³-hybridized carbons (Fsp3) is 0.966. The van der Waals surface area contributed by atoms with Crippen LogP contribution in [0.4, 0.5) is 0 Å². The summed E-state index contributed by atoms with van der Waals surface area (Å²) >= 11 is 0. The molecule has 4 rings (SSSR count). The van der Waals surface area contributed by atoms with Crippen LogP contribution in [0.15, 0.2) is 0 Å². The van der Waals surface area contributed by atoms with E-state index < -0.39 is 0 Å². The predicted octanol–water partition coefficient (Wildman–Crippen LogP) is 7.63. The average molecular weight is 450 g/mol. The number of fused-ring (bicyclic) bond motifs is 5. The molecule has 188 valence electrons. The van der Waals surface area contributed by atoms with Crippen molar-refractivity contribution in [3.8, 4) is 0 Å². The summed E-state index contributed by atoms with van der Waals surface area (Å²) in [4.78, 5) is 11.5. The van der Waals surface area contributed by atoms with E-state index in [2.05, 4.69) is 26.2 Å². The molecule has 0 amide bonds. The van der Waals surface area contributed by atoms with E-state index >= 15 is 0 Å². The molecule has 4 fully saturated rings. The maximum atomic E-state index is 11.5. The van der Waals surface area contributed by atoms with Gasteiger partial charge in [0.2, 0.25) is 0 Å². The second-order valence-electron chi connectivity index (χ2n) is 11.2. The van der Waals surface area contributed by atoms with Crippen molar-refractivity contribution in [2.24, 2.45) is 40.4 Å². The minimum atomic E-state index is -0.0353. The van der Waals surface area contributed by atoms with Crippen molar-refractivity contribution in [3.05, 3.63) is 0 Å². The first kappa shape index (κ1) is 27.7. The molecule has 0 saturated heterocycles. The number of carbonyl (C=O) groups is 1. The molecule has 8 unspecified atom stereocenters. The van der Waals surface area contributed by atoms with Crippen molar-refractivity contribution in [2.45, 2.75) is 125 Å². The zero-order chi connectivity index (χ0) is 23.9. The lowest BCUT2D eigenvalue weighted by atomic mass is 9.44. The van der Waals surface area contributed by atoms with E-state index in [0.717, 1.165) is 42.1 Å². The van der Waals surface area contributed by atoms with E-state index in [1.807, 2.05) is 27.7 Å². The van der Waals surface area contributed by atoms with Gasteiger partial charge in [0.15, 0.2) is 0 Å². The van der Waals surface area contributed by atoms with Gasteiger partial charge in [0.25, 0.3) is 0 Å². The number of esters is 1. The Labute approximate surface area is 200 Å². The van der Waals surface area contributed by atoms with E-state index in [1.165, 1.54) is 71.3 Å². The van der Waals surface area contributed by atoms with Crippen LogP contribution in [-0.4, -0.2) is 26.2 Å². The van der Waals surface area contributed by atoms with Crippen molar-refractivity contribution in [1.82, 2.24) is 5.32 Å². The molecule has 4 aliphatic rings. The zero-order valence-electron chi connectivity index (χ0n) is 22.8. The molecule has 3 nitrogen and oxygen atoms in total. The molecular weight excluding hydrogens is 394 g/mol. The quantitative estimate of drug-likeness (QED) is 0.438. The Kier molecular flexibility index (Phi) is 10.6.